The third-order valence-corrected chi connectivity index (χ3v) is 6.49. The molecule has 9 heteroatoms. The molecule has 1 aromatic carbocycles. The number of methoxy groups -OCH3 is 1. The van der Waals surface area contributed by atoms with Crippen molar-refractivity contribution in [1.82, 2.24) is 14.8 Å². The Labute approximate surface area is 191 Å². The van der Waals surface area contributed by atoms with Crippen molar-refractivity contribution in [2.45, 2.75) is 31.3 Å². The summed E-state index contributed by atoms with van der Waals surface area (Å²) in [6.07, 6.45) is 6.58. The molecule has 5 rings (SSSR count). The second-order valence-corrected chi connectivity index (χ2v) is 8.62. The molecule has 8 nitrogen and oxygen atoms in total. The number of pyridine rings is 1. The van der Waals surface area contributed by atoms with Gasteiger partial charge in [-0.3, -0.25) is 4.90 Å². The van der Waals surface area contributed by atoms with Gasteiger partial charge in [-0.15, -0.1) is 0 Å². The molecule has 0 radical (unpaired) electrons. The Kier molecular flexibility index (Phi) is 5.62. The summed E-state index contributed by atoms with van der Waals surface area (Å²) in [5, 5.41) is 7.80. The quantitative estimate of drug-likeness (QED) is 0.598. The van der Waals surface area contributed by atoms with Crippen LogP contribution in [-0.4, -0.2) is 46.7 Å². The van der Waals surface area contributed by atoms with Gasteiger partial charge in [-0.2, -0.15) is 5.10 Å². The van der Waals surface area contributed by atoms with Gasteiger partial charge in [0.2, 0.25) is 5.88 Å². The Morgan fingerprint density at radius 3 is 2.76 bits per heavy atom. The van der Waals surface area contributed by atoms with E-state index >= 15 is 0 Å². The van der Waals surface area contributed by atoms with Crippen molar-refractivity contribution in [3.05, 3.63) is 60.7 Å². The summed E-state index contributed by atoms with van der Waals surface area (Å²) >= 11 is 0. The van der Waals surface area contributed by atoms with Crippen LogP contribution in [0.3, 0.4) is 0 Å². The number of halogens is 1. The van der Waals surface area contributed by atoms with Crippen LogP contribution in [0.2, 0.25) is 0 Å². The molecule has 1 spiro atoms. The molecule has 1 N–H and O–H groups in total. The van der Waals surface area contributed by atoms with Crippen LogP contribution in [0, 0.1) is 11.7 Å². The van der Waals surface area contributed by atoms with Crippen molar-refractivity contribution in [1.29, 1.82) is 0 Å². The molecule has 0 unspecified atom stereocenters. The van der Waals surface area contributed by atoms with Crippen molar-refractivity contribution >= 4 is 17.6 Å². The number of carbonyl (C=O) groups excluding carboxylic acids is 1. The van der Waals surface area contributed by atoms with Gasteiger partial charge < -0.3 is 14.8 Å². The van der Waals surface area contributed by atoms with Crippen molar-refractivity contribution < 1.29 is 18.7 Å². The molecular formula is C24H26FN5O3. The van der Waals surface area contributed by atoms with E-state index in [1.165, 1.54) is 10.7 Å². The highest BCUT2D eigenvalue weighted by atomic mass is 19.1. The van der Waals surface area contributed by atoms with Crippen LogP contribution in [-0.2, 0) is 4.74 Å². The summed E-state index contributed by atoms with van der Waals surface area (Å²) < 4.78 is 26.4. The van der Waals surface area contributed by atoms with Gasteiger partial charge in [0.15, 0.2) is 0 Å². The van der Waals surface area contributed by atoms with Crippen LogP contribution in [0.4, 0.5) is 20.7 Å². The minimum atomic E-state index is -0.445. The molecule has 1 aliphatic carbocycles. The molecule has 0 bridgehead atoms. The normalized spacial score (nSPS) is 22.4. The molecule has 0 atom stereocenters. The molecule has 172 valence electrons. The maximum Gasteiger partial charge on any atom is 0.415 e. The Bertz CT molecular complexity index is 1130. The Morgan fingerprint density at radius 1 is 1.21 bits per heavy atom. The van der Waals surface area contributed by atoms with E-state index in [2.05, 4.69) is 15.4 Å². The highest BCUT2D eigenvalue weighted by Gasteiger charge is 2.47. The number of aromatic nitrogens is 3. The van der Waals surface area contributed by atoms with Crippen molar-refractivity contribution in [2.75, 3.05) is 30.4 Å². The van der Waals surface area contributed by atoms with Crippen LogP contribution in [0.1, 0.15) is 25.7 Å². The second-order valence-electron chi connectivity index (χ2n) is 8.62. The zero-order valence-corrected chi connectivity index (χ0v) is 18.4. The predicted octanol–water partition coefficient (Wildman–Crippen LogP) is 4.41. The monoisotopic (exact) mass is 451 g/mol. The van der Waals surface area contributed by atoms with Gasteiger partial charge in [-0.25, -0.2) is 18.9 Å². The smallest absolute Gasteiger partial charge is 0.415 e. The number of hydrogen-bond donors (Lipinski definition) is 1. The third kappa shape index (κ3) is 4.35. The second kappa shape index (κ2) is 8.73. The molecule has 1 saturated carbocycles. The van der Waals surface area contributed by atoms with Gasteiger partial charge in [0.1, 0.15) is 22.9 Å². The zero-order valence-electron chi connectivity index (χ0n) is 18.4. The van der Waals surface area contributed by atoms with Crippen molar-refractivity contribution in [3.8, 4) is 11.6 Å². The SMILES string of the molecule is COc1ccc(N2CC3(CCC(CNc4ccn(-c5ccccc5F)n4)CC3)OC2=O)cn1. The fourth-order valence-corrected chi connectivity index (χ4v) is 4.58. The van der Waals surface area contributed by atoms with E-state index in [0.29, 0.717) is 35.5 Å². The average Bonchev–Trinajstić information content (AvgIpc) is 3.44. The lowest BCUT2D eigenvalue weighted by Gasteiger charge is -2.35. The van der Waals surface area contributed by atoms with Crippen LogP contribution >= 0.6 is 0 Å². The third-order valence-electron chi connectivity index (χ3n) is 6.49. The number of ether oxygens (including phenoxy) is 2. The minimum absolute atomic E-state index is 0.310. The molecule has 3 aromatic rings. The van der Waals surface area contributed by atoms with Crippen LogP contribution in [0.5, 0.6) is 5.88 Å². The lowest BCUT2D eigenvalue weighted by molar-refractivity contribution is 0.0148. The van der Waals surface area contributed by atoms with E-state index in [4.69, 9.17) is 9.47 Å². The number of anilines is 2. The fraction of sp³-hybridized carbons (Fsp3) is 0.375. The van der Waals surface area contributed by atoms with E-state index < -0.39 is 5.60 Å². The molecule has 1 aliphatic heterocycles. The summed E-state index contributed by atoms with van der Waals surface area (Å²) in [4.78, 5) is 18.4. The van der Waals surface area contributed by atoms with Crippen LogP contribution in [0.25, 0.3) is 5.69 Å². The molecule has 1 saturated heterocycles. The van der Waals surface area contributed by atoms with Gasteiger partial charge >= 0.3 is 6.09 Å². The summed E-state index contributed by atoms with van der Waals surface area (Å²) in [7, 11) is 1.56. The number of benzene rings is 1. The number of nitrogens with zero attached hydrogens (tertiary/aromatic N) is 4. The van der Waals surface area contributed by atoms with Crippen molar-refractivity contribution in [2.24, 2.45) is 5.92 Å². The van der Waals surface area contributed by atoms with Crippen molar-refractivity contribution in [3.63, 3.8) is 0 Å². The highest BCUT2D eigenvalue weighted by Crippen LogP contribution is 2.40. The van der Waals surface area contributed by atoms with E-state index in [0.717, 1.165) is 32.2 Å². The highest BCUT2D eigenvalue weighted by molar-refractivity contribution is 5.90. The van der Waals surface area contributed by atoms with E-state index in [1.54, 1.807) is 48.7 Å². The molecular weight excluding hydrogens is 425 g/mol. The van der Waals surface area contributed by atoms with Gasteiger partial charge in [0.25, 0.3) is 0 Å². The summed E-state index contributed by atoms with van der Waals surface area (Å²) in [5.74, 6) is 1.36. The first-order chi connectivity index (χ1) is 16.0. The summed E-state index contributed by atoms with van der Waals surface area (Å²) in [6, 6.07) is 12.0. The van der Waals surface area contributed by atoms with Gasteiger partial charge in [-0.05, 0) is 49.8 Å². The predicted molar refractivity (Wildman–Crippen MR) is 121 cm³/mol. The fourth-order valence-electron chi connectivity index (χ4n) is 4.58. The van der Waals surface area contributed by atoms with Gasteiger partial charge in [-0.1, -0.05) is 12.1 Å². The number of nitrogens with one attached hydrogen (secondary N) is 1. The van der Waals surface area contributed by atoms with Crippen LogP contribution in [0.15, 0.2) is 54.9 Å². The minimum Gasteiger partial charge on any atom is -0.481 e. The number of amides is 1. The summed E-state index contributed by atoms with van der Waals surface area (Å²) in [5.41, 5.74) is 0.691. The lowest BCUT2D eigenvalue weighted by Crippen LogP contribution is -2.39. The standard InChI is InChI=1S/C24H26FN5O3/c1-32-22-7-6-18(15-27-22)29-16-24(33-23(29)31)11-8-17(9-12-24)14-26-21-10-13-30(28-21)20-5-3-2-4-19(20)25/h2-7,10,13,15,17H,8-9,11-12,14,16H2,1H3,(H,26,28). The first-order valence-corrected chi connectivity index (χ1v) is 11.1. The van der Waals surface area contributed by atoms with Gasteiger partial charge in [0.05, 0.1) is 25.5 Å². The Morgan fingerprint density at radius 2 is 2.03 bits per heavy atom. The maximum atomic E-state index is 14.0. The first-order valence-electron chi connectivity index (χ1n) is 11.1. The van der Waals surface area contributed by atoms with E-state index in [-0.39, 0.29) is 11.9 Å². The van der Waals surface area contributed by atoms with Gasteiger partial charge in [0, 0.05) is 24.9 Å². The zero-order chi connectivity index (χ0) is 22.8. The molecule has 33 heavy (non-hydrogen) atoms. The molecule has 2 aromatic heterocycles. The number of rotatable bonds is 6. The molecule has 2 aliphatic rings. The van der Waals surface area contributed by atoms with E-state index in [1.807, 2.05) is 12.1 Å². The van der Waals surface area contributed by atoms with Crippen LogP contribution < -0.4 is 15.0 Å². The lowest BCUT2D eigenvalue weighted by atomic mass is 9.78. The number of carbonyl (C=O) groups is 1. The summed E-state index contributed by atoms with van der Waals surface area (Å²) in [6.45, 7) is 1.30. The molecule has 2 fully saturated rings. The first kappa shape index (κ1) is 21.2. The van der Waals surface area contributed by atoms with E-state index in [9.17, 15) is 9.18 Å². The largest absolute Gasteiger partial charge is 0.481 e. The molecule has 3 heterocycles. The topological polar surface area (TPSA) is 81.5 Å². The Hall–Kier alpha value is -3.62. The number of para-hydroxylation sites is 1. The Balaban J connectivity index is 1.15. The maximum absolute atomic E-state index is 14.0. The number of hydrogen-bond acceptors (Lipinski definition) is 6. The average molecular weight is 452 g/mol. The molecule has 1 amide bonds.